The minimum atomic E-state index is -0.368. The molecular formula is C20H22ClN3O2. The van der Waals surface area contributed by atoms with E-state index < -0.39 is 0 Å². The molecule has 0 bridgehead atoms. The van der Waals surface area contributed by atoms with Crippen molar-refractivity contribution < 1.29 is 9.59 Å². The van der Waals surface area contributed by atoms with Gasteiger partial charge in [0.15, 0.2) is 0 Å². The highest BCUT2D eigenvalue weighted by molar-refractivity contribution is 6.30. The van der Waals surface area contributed by atoms with Crippen molar-refractivity contribution in [2.24, 2.45) is 0 Å². The van der Waals surface area contributed by atoms with Gasteiger partial charge in [-0.25, -0.2) is 4.98 Å². The first kappa shape index (κ1) is 18.4. The third kappa shape index (κ3) is 4.22. The Kier molecular flexibility index (Phi) is 5.89. The number of benzene rings is 1. The number of anilines is 1. The molecule has 1 aromatic carbocycles. The third-order valence-corrected chi connectivity index (χ3v) is 4.88. The molecule has 0 spiro atoms. The maximum Gasteiger partial charge on any atom is 0.274 e. The van der Waals surface area contributed by atoms with Crippen LogP contribution in [0.15, 0.2) is 42.5 Å². The summed E-state index contributed by atoms with van der Waals surface area (Å²) in [6.07, 6.45) is 4.12. The summed E-state index contributed by atoms with van der Waals surface area (Å²) < 4.78 is 0. The summed E-state index contributed by atoms with van der Waals surface area (Å²) in [5, 5.41) is 3.29. The van der Waals surface area contributed by atoms with E-state index in [1.807, 2.05) is 4.90 Å². The summed E-state index contributed by atoms with van der Waals surface area (Å²) in [6, 6.07) is 12.1. The zero-order chi connectivity index (χ0) is 18.5. The van der Waals surface area contributed by atoms with Gasteiger partial charge < -0.3 is 10.2 Å². The molecule has 1 fully saturated rings. The molecule has 1 N–H and O–H groups in total. The van der Waals surface area contributed by atoms with Gasteiger partial charge in [0.1, 0.15) is 11.4 Å². The van der Waals surface area contributed by atoms with Crippen LogP contribution in [0, 0.1) is 0 Å². The van der Waals surface area contributed by atoms with E-state index in [2.05, 4.69) is 17.2 Å². The lowest BCUT2D eigenvalue weighted by atomic mass is 9.99. The number of piperidine rings is 1. The lowest BCUT2D eigenvalue weighted by molar-refractivity contribution is 0.0602. The van der Waals surface area contributed by atoms with Crippen LogP contribution in [0.1, 0.15) is 53.6 Å². The second kappa shape index (κ2) is 8.32. The molecule has 2 aromatic rings. The molecule has 1 aromatic heterocycles. The standard InChI is InChI=1S/C20H22ClN3O2/c1-2-16-9-3-4-12-24(16)20(26)18-11-6-10-17(23-18)19(25)22-15-8-5-7-14(21)13-15/h5-8,10-11,13,16H,2-4,9,12H2,1H3,(H,22,25). The van der Waals surface area contributed by atoms with Gasteiger partial charge in [0.2, 0.25) is 0 Å². The van der Waals surface area contributed by atoms with Crippen molar-refractivity contribution in [3.8, 4) is 0 Å². The van der Waals surface area contributed by atoms with Crippen molar-refractivity contribution in [2.75, 3.05) is 11.9 Å². The number of rotatable bonds is 4. The monoisotopic (exact) mass is 371 g/mol. The van der Waals surface area contributed by atoms with Crippen molar-refractivity contribution in [2.45, 2.75) is 38.6 Å². The van der Waals surface area contributed by atoms with E-state index in [0.29, 0.717) is 16.4 Å². The zero-order valence-corrected chi connectivity index (χ0v) is 15.5. The number of likely N-dealkylation sites (tertiary alicyclic amines) is 1. The second-order valence-corrected chi connectivity index (χ2v) is 6.87. The van der Waals surface area contributed by atoms with E-state index >= 15 is 0 Å². The Morgan fingerprint density at radius 1 is 1.19 bits per heavy atom. The van der Waals surface area contributed by atoms with Crippen LogP contribution in [0.25, 0.3) is 0 Å². The summed E-state index contributed by atoms with van der Waals surface area (Å²) in [5.74, 6) is -0.471. The molecule has 2 heterocycles. The van der Waals surface area contributed by atoms with Gasteiger partial charge in [-0.15, -0.1) is 0 Å². The maximum absolute atomic E-state index is 12.9. The highest BCUT2D eigenvalue weighted by Gasteiger charge is 2.27. The van der Waals surface area contributed by atoms with Crippen LogP contribution in [0.2, 0.25) is 5.02 Å². The summed E-state index contributed by atoms with van der Waals surface area (Å²) in [7, 11) is 0. The van der Waals surface area contributed by atoms with Gasteiger partial charge >= 0.3 is 0 Å². The minimum Gasteiger partial charge on any atom is -0.334 e. The highest BCUT2D eigenvalue weighted by Crippen LogP contribution is 2.21. The molecule has 0 aliphatic carbocycles. The van der Waals surface area contributed by atoms with Crippen LogP contribution in [0.3, 0.4) is 0 Å². The lowest BCUT2D eigenvalue weighted by Crippen LogP contribution is -2.43. The maximum atomic E-state index is 12.9. The first-order valence-corrected chi connectivity index (χ1v) is 9.31. The molecule has 1 atom stereocenters. The normalized spacial score (nSPS) is 17.0. The van der Waals surface area contributed by atoms with Crippen molar-refractivity contribution in [1.82, 2.24) is 9.88 Å². The fraction of sp³-hybridized carbons (Fsp3) is 0.350. The first-order valence-electron chi connectivity index (χ1n) is 8.93. The van der Waals surface area contributed by atoms with E-state index in [4.69, 9.17) is 11.6 Å². The fourth-order valence-electron chi connectivity index (χ4n) is 3.28. The Bertz CT molecular complexity index is 809. The molecule has 0 radical (unpaired) electrons. The SMILES string of the molecule is CCC1CCCCN1C(=O)c1cccc(C(=O)Nc2cccc(Cl)c2)n1. The van der Waals surface area contributed by atoms with Crippen LogP contribution in [-0.4, -0.2) is 34.3 Å². The van der Waals surface area contributed by atoms with E-state index in [9.17, 15) is 9.59 Å². The third-order valence-electron chi connectivity index (χ3n) is 4.64. The second-order valence-electron chi connectivity index (χ2n) is 6.43. The Balaban J connectivity index is 1.77. The highest BCUT2D eigenvalue weighted by atomic mass is 35.5. The van der Waals surface area contributed by atoms with Gasteiger partial charge in [0.25, 0.3) is 11.8 Å². The van der Waals surface area contributed by atoms with E-state index in [-0.39, 0.29) is 23.6 Å². The van der Waals surface area contributed by atoms with Crippen molar-refractivity contribution in [3.63, 3.8) is 0 Å². The number of amides is 2. The molecule has 3 rings (SSSR count). The molecule has 1 aliphatic rings. The molecule has 2 amide bonds. The molecule has 1 aliphatic heterocycles. The number of nitrogens with one attached hydrogen (secondary N) is 1. The van der Waals surface area contributed by atoms with Crippen molar-refractivity contribution in [3.05, 3.63) is 58.9 Å². The minimum absolute atomic E-state index is 0.103. The zero-order valence-electron chi connectivity index (χ0n) is 14.7. The molecular weight excluding hydrogens is 350 g/mol. The number of carbonyl (C=O) groups is 2. The molecule has 6 heteroatoms. The van der Waals surface area contributed by atoms with Crippen LogP contribution < -0.4 is 5.32 Å². The lowest BCUT2D eigenvalue weighted by Gasteiger charge is -2.35. The summed E-state index contributed by atoms with van der Waals surface area (Å²) >= 11 is 5.94. The Morgan fingerprint density at radius 3 is 2.73 bits per heavy atom. The average molecular weight is 372 g/mol. The van der Waals surface area contributed by atoms with Gasteiger partial charge in [-0.1, -0.05) is 30.7 Å². The number of halogens is 1. The van der Waals surface area contributed by atoms with Gasteiger partial charge in [0.05, 0.1) is 0 Å². The molecule has 0 saturated carbocycles. The van der Waals surface area contributed by atoms with E-state index in [0.717, 1.165) is 32.2 Å². The smallest absolute Gasteiger partial charge is 0.274 e. The predicted octanol–water partition coefficient (Wildman–Crippen LogP) is 4.39. The Morgan fingerprint density at radius 2 is 1.96 bits per heavy atom. The van der Waals surface area contributed by atoms with Gasteiger partial charge in [0, 0.05) is 23.3 Å². The van der Waals surface area contributed by atoms with Gasteiger partial charge in [-0.3, -0.25) is 9.59 Å². The van der Waals surface area contributed by atoms with Crippen LogP contribution >= 0.6 is 11.6 Å². The number of hydrogen-bond acceptors (Lipinski definition) is 3. The largest absolute Gasteiger partial charge is 0.334 e. The molecule has 136 valence electrons. The van der Waals surface area contributed by atoms with E-state index in [1.165, 1.54) is 0 Å². The molecule has 5 nitrogen and oxygen atoms in total. The average Bonchev–Trinajstić information content (AvgIpc) is 2.67. The Hall–Kier alpha value is -2.40. The summed E-state index contributed by atoms with van der Waals surface area (Å²) in [5.41, 5.74) is 1.10. The number of pyridine rings is 1. The fourth-order valence-corrected chi connectivity index (χ4v) is 3.47. The molecule has 26 heavy (non-hydrogen) atoms. The number of aromatic nitrogens is 1. The quantitative estimate of drug-likeness (QED) is 0.866. The van der Waals surface area contributed by atoms with E-state index in [1.54, 1.807) is 42.5 Å². The summed E-state index contributed by atoms with van der Waals surface area (Å²) in [6.45, 7) is 2.84. The van der Waals surface area contributed by atoms with Crippen molar-refractivity contribution in [1.29, 1.82) is 0 Å². The number of carbonyl (C=O) groups excluding carboxylic acids is 2. The van der Waals surface area contributed by atoms with Gasteiger partial charge in [-0.2, -0.15) is 0 Å². The van der Waals surface area contributed by atoms with Crippen LogP contribution in [-0.2, 0) is 0 Å². The first-order chi connectivity index (χ1) is 12.6. The van der Waals surface area contributed by atoms with Gasteiger partial charge in [-0.05, 0) is 56.0 Å². The van der Waals surface area contributed by atoms with Crippen LogP contribution in [0.5, 0.6) is 0 Å². The van der Waals surface area contributed by atoms with Crippen molar-refractivity contribution >= 4 is 29.1 Å². The predicted molar refractivity (Wildman–Crippen MR) is 103 cm³/mol. The van der Waals surface area contributed by atoms with Crippen LogP contribution in [0.4, 0.5) is 5.69 Å². The Labute approximate surface area is 158 Å². The number of hydrogen-bond donors (Lipinski definition) is 1. The summed E-state index contributed by atoms with van der Waals surface area (Å²) in [4.78, 5) is 31.5. The topological polar surface area (TPSA) is 62.3 Å². The molecule has 1 saturated heterocycles. The molecule has 1 unspecified atom stereocenters. The number of nitrogens with zero attached hydrogens (tertiary/aromatic N) is 2.